The first-order valence-electron chi connectivity index (χ1n) is 5.61. The van der Waals surface area contributed by atoms with E-state index < -0.39 is 12.2 Å². The first-order valence-corrected chi connectivity index (χ1v) is 6.41. The second kappa shape index (κ2) is 5.54. The number of alkyl halides is 3. The number of rotatable bonds is 2. The summed E-state index contributed by atoms with van der Waals surface area (Å²) in [7, 11) is 0. The van der Waals surface area contributed by atoms with Gasteiger partial charge in [-0.25, -0.2) is 4.98 Å². The molecule has 1 aromatic heterocycles. The molecule has 100 valence electrons. The van der Waals surface area contributed by atoms with Crippen molar-refractivity contribution in [3.63, 3.8) is 0 Å². The molecule has 0 unspecified atom stereocenters. The summed E-state index contributed by atoms with van der Waals surface area (Å²) < 4.78 is 40.1. The minimum atomic E-state index is -4.28. The molecular formula is C11H13BrF3N3. The number of piperazine rings is 1. The number of nitrogens with zero attached hydrogens (tertiary/aromatic N) is 2. The van der Waals surface area contributed by atoms with E-state index in [-0.39, 0.29) is 5.56 Å². The summed E-state index contributed by atoms with van der Waals surface area (Å²) in [6, 6.07) is 1.44. The van der Waals surface area contributed by atoms with Crippen molar-refractivity contribution in [2.75, 3.05) is 26.2 Å². The van der Waals surface area contributed by atoms with Gasteiger partial charge in [0, 0.05) is 32.4 Å². The Bertz CT molecular complexity index is 388. The van der Waals surface area contributed by atoms with E-state index in [0.29, 0.717) is 30.8 Å². The molecule has 0 saturated carbocycles. The van der Waals surface area contributed by atoms with Crippen molar-refractivity contribution in [3.8, 4) is 0 Å². The summed E-state index contributed by atoms with van der Waals surface area (Å²) in [6.07, 6.45) is -3.00. The van der Waals surface area contributed by atoms with Crippen LogP contribution < -0.4 is 5.32 Å². The lowest BCUT2D eigenvalue weighted by molar-refractivity contribution is -0.188. The topological polar surface area (TPSA) is 28.2 Å². The summed E-state index contributed by atoms with van der Waals surface area (Å²) in [5.41, 5.74) is 0.188. The van der Waals surface area contributed by atoms with Crippen LogP contribution in [0.2, 0.25) is 0 Å². The molecule has 0 spiro atoms. The summed E-state index contributed by atoms with van der Waals surface area (Å²) in [5.74, 6) is 0. The summed E-state index contributed by atoms with van der Waals surface area (Å²) in [6.45, 7) is 1.94. The van der Waals surface area contributed by atoms with E-state index in [4.69, 9.17) is 0 Å². The smallest absolute Gasteiger partial charge is 0.314 e. The fourth-order valence-corrected chi connectivity index (χ4v) is 2.33. The zero-order valence-electron chi connectivity index (χ0n) is 9.54. The highest BCUT2D eigenvalue weighted by Gasteiger charge is 2.44. The second-order valence-corrected chi connectivity index (χ2v) is 4.96. The highest BCUT2D eigenvalue weighted by molar-refractivity contribution is 9.10. The molecule has 0 bridgehead atoms. The van der Waals surface area contributed by atoms with E-state index in [1.807, 2.05) is 0 Å². The van der Waals surface area contributed by atoms with Gasteiger partial charge < -0.3 is 5.32 Å². The first-order chi connectivity index (χ1) is 8.48. The van der Waals surface area contributed by atoms with Gasteiger partial charge in [-0.3, -0.25) is 4.90 Å². The number of halogens is 4. The largest absolute Gasteiger partial charge is 0.408 e. The first kappa shape index (κ1) is 13.8. The van der Waals surface area contributed by atoms with E-state index in [0.717, 1.165) is 0 Å². The van der Waals surface area contributed by atoms with Gasteiger partial charge in [-0.05, 0) is 27.6 Å². The Morgan fingerprint density at radius 1 is 1.28 bits per heavy atom. The van der Waals surface area contributed by atoms with Gasteiger partial charge in [-0.2, -0.15) is 13.2 Å². The molecule has 7 heteroatoms. The molecule has 1 aromatic rings. The molecule has 0 aromatic carbocycles. The molecule has 1 atom stereocenters. The third kappa shape index (κ3) is 3.21. The van der Waals surface area contributed by atoms with E-state index in [1.54, 1.807) is 0 Å². The molecular weight excluding hydrogens is 311 g/mol. The minimum absolute atomic E-state index is 0.188. The Hall–Kier alpha value is -0.660. The van der Waals surface area contributed by atoms with E-state index in [2.05, 4.69) is 26.2 Å². The third-order valence-electron chi connectivity index (χ3n) is 2.89. The summed E-state index contributed by atoms with van der Waals surface area (Å²) in [5, 5.41) is 3.05. The molecule has 1 aliphatic rings. The van der Waals surface area contributed by atoms with Crippen LogP contribution >= 0.6 is 15.9 Å². The van der Waals surface area contributed by atoms with Crippen LogP contribution in [0.1, 0.15) is 11.6 Å². The Balaban J connectivity index is 2.27. The molecule has 0 amide bonds. The van der Waals surface area contributed by atoms with Crippen LogP contribution in [0.5, 0.6) is 0 Å². The molecule has 2 rings (SSSR count). The zero-order valence-corrected chi connectivity index (χ0v) is 11.1. The maximum Gasteiger partial charge on any atom is 0.408 e. The number of hydrogen-bond donors (Lipinski definition) is 1. The predicted molar refractivity (Wildman–Crippen MR) is 65.2 cm³/mol. The van der Waals surface area contributed by atoms with Crippen LogP contribution in [0, 0.1) is 0 Å². The van der Waals surface area contributed by atoms with Gasteiger partial charge in [-0.15, -0.1) is 0 Å². The van der Waals surface area contributed by atoms with Crippen LogP contribution in [-0.2, 0) is 0 Å². The van der Waals surface area contributed by atoms with Crippen molar-refractivity contribution in [1.82, 2.24) is 15.2 Å². The van der Waals surface area contributed by atoms with Crippen LogP contribution in [0.4, 0.5) is 13.2 Å². The SMILES string of the molecule is FC(F)(F)[C@@H](c1ccc(Br)nc1)N1CCNCC1. The van der Waals surface area contributed by atoms with Gasteiger partial charge in [0.05, 0.1) is 0 Å². The van der Waals surface area contributed by atoms with Crippen molar-refractivity contribution in [2.45, 2.75) is 12.2 Å². The molecule has 1 fully saturated rings. The van der Waals surface area contributed by atoms with Crippen molar-refractivity contribution >= 4 is 15.9 Å². The lowest BCUT2D eigenvalue weighted by Gasteiger charge is -2.36. The fourth-order valence-electron chi connectivity index (χ4n) is 2.10. The standard InChI is InChI=1S/C11H13BrF3N3/c12-9-2-1-8(7-17-9)10(11(13,14)15)18-5-3-16-4-6-18/h1-2,7,10,16H,3-6H2/t10-/m1/s1. The van der Waals surface area contributed by atoms with E-state index in [1.165, 1.54) is 23.2 Å². The van der Waals surface area contributed by atoms with Crippen molar-refractivity contribution < 1.29 is 13.2 Å². The number of hydrogen-bond acceptors (Lipinski definition) is 3. The molecule has 3 nitrogen and oxygen atoms in total. The quantitative estimate of drug-likeness (QED) is 0.847. The molecule has 0 radical (unpaired) electrons. The number of aromatic nitrogens is 1. The van der Waals surface area contributed by atoms with Gasteiger partial charge in [0.15, 0.2) is 0 Å². The van der Waals surface area contributed by atoms with Gasteiger partial charge in [0.2, 0.25) is 0 Å². The monoisotopic (exact) mass is 323 g/mol. The molecule has 18 heavy (non-hydrogen) atoms. The molecule has 1 N–H and O–H groups in total. The average molecular weight is 324 g/mol. The molecule has 1 saturated heterocycles. The Morgan fingerprint density at radius 3 is 2.44 bits per heavy atom. The van der Waals surface area contributed by atoms with Gasteiger partial charge in [-0.1, -0.05) is 6.07 Å². The molecule has 2 heterocycles. The van der Waals surface area contributed by atoms with Gasteiger partial charge >= 0.3 is 6.18 Å². The van der Waals surface area contributed by atoms with Crippen molar-refractivity contribution in [2.24, 2.45) is 0 Å². The predicted octanol–water partition coefficient (Wildman–Crippen LogP) is 2.35. The zero-order chi connectivity index (χ0) is 13.2. The third-order valence-corrected chi connectivity index (χ3v) is 3.36. The lowest BCUT2D eigenvalue weighted by atomic mass is 10.1. The van der Waals surface area contributed by atoms with Crippen molar-refractivity contribution in [3.05, 3.63) is 28.5 Å². The van der Waals surface area contributed by atoms with Crippen LogP contribution in [0.25, 0.3) is 0 Å². The Morgan fingerprint density at radius 2 is 1.94 bits per heavy atom. The Kier molecular flexibility index (Phi) is 4.24. The molecule has 0 aliphatic carbocycles. The normalized spacial score (nSPS) is 19.8. The minimum Gasteiger partial charge on any atom is -0.314 e. The molecule has 1 aliphatic heterocycles. The fraction of sp³-hybridized carbons (Fsp3) is 0.545. The van der Waals surface area contributed by atoms with Gasteiger partial charge in [0.25, 0.3) is 0 Å². The lowest BCUT2D eigenvalue weighted by Crippen LogP contribution is -2.49. The number of pyridine rings is 1. The van der Waals surface area contributed by atoms with Crippen LogP contribution in [-0.4, -0.2) is 42.2 Å². The van der Waals surface area contributed by atoms with Crippen molar-refractivity contribution in [1.29, 1.82) is 0 Å². The van der Waals surface area contributed by atoms with Gasteiger partial charge in [0.1, 0.15) is 10.6 Å². The Labute approximate surface area is 112 Å². The summed E-state index contributed by atoms with van der Waals surface area (Å²) in [4.78, 5) is 5.33. The number of nitrogens with one attached hydrogen (secondary N) is 1. The highest BCUT2D eigenvalue weighted by atomic mass is 79.9. The highest BCUT2D eigenvalue weighted by Crippen LogP contribution is 2.37. The van der Waals surface area contributed by atoms with Crippen LogP contribution in [0.15, 0.2) is 22.9 Å². The second-order valence-electron chi connectivity index (χ2n) is 4.14. The average Bonchev–Trinajstić information content (AvgIpc) is 2.32. The van der Waals surface area contributed by atoms with Crippen LogP contribution in [0.3, 0.4) is 0 Å². The van der Waals surface area contributed by atoms with E-state index >= 15 is 0 Å². The summed E-state index contributed by atoms with van der Waals surface area (Å²) >= 11 is 3.13. The maximum atomic E-state index is 13.2. The van der Waals surface area contributed by atoms with E-state index in [9.17, 15) is 13.2 Å². The maximum absolute atomic E-state index is 13.2.